The van der Waals surface area contributed by atoms with Crippen LogP contribution < -0.4 is 11.1 Å². The molecule has 1 aromatic heterocycles. The first-order valence-corrected chi connectivity index (χ1v) is 9.77. The van der Waals surface area contributed by atoms with Gasteiger partial charge in [0.1, 0.15) is 0 Å². The lowest BCUT2D eigenvalue weighted by Gasteiger charge is -2.35. The van der Waals surface area contributed by atoms with Crippen molar-refractivity contribution in [1.29, 1.82) is 0 Å². The minimum Gasteiger partial charge on any atom is -0.348 e. The average Bonchev–Trinajstić information content (AvgIpc) is 2.66. The molecule has 1 amide bonds. The van der Waals surface area contributed by atoms with Crippen LogP contribution >= 0.6 is 0 Å². The summed E-state index contributed by atoms with van der Waals surface area (Å²) in [7, 11) is 0. The van der Waals surface area contributed by atoms with E-state index in [0.29, 0.717) is 18.7 Å². The van der Waals surface area contributed by atoms with E-state index < -0.39 is 0 Å². The molecule has 27 heavy (non-hydrogen) atoms. The van der Waals surface area contributed by atoms with Gasteiger partial charge in [0.2, 0.25) is 0 Å². The van der Waals surface area contributed by atoms with Crippen molar-refractivity contribution in [1.82, 2.24) is 15.2 Å². The third-order valence-electron chi connectivity index (χ3n) is 5.18. The van der Waals surface area contributed by atoms with Crippen molar-refractivity contribution in [3.63, 3.8) is 0 Å². The second-order valence-corrected chi connectivity index (χ2v) is 7.83. The number of likely N-dealkylation sites (tertiary alicyclic amines) is 1. The lowest BCUT2D eigenvalue weighted by Crippen LogP contribution is -2.38. The Morgan fingerprint density at radius 3 is 2.59 bits per heavy atom. The third-order valence-corrected chi connectivity index (χ3v) is 5.18. The number of nitrogens with zero attached hydrogens (tertiary/aromatic N) is 2. The predicted molar refractivity (Wildman–Crippen MR) is 108 cm³/mol. The topological polar surface area (TPSA) is 71.2 Å². The number of pyridine rings is 1. The molecule has 3 N–H and O–H groups in total. The van der Waals surface area contributed by atoms with E-state index in [2.05, 4.69) is 47.2 Å². The van der Waals surface area contributed by atoms with Gasteiger partial charge in [-0.1, -0.05) is 38.1 Å². The van der Waals surface area contributed by atoms with Crippen LogP contribution in [0.1, 0.15) is 47.4 Å². The number of hydrogen-bond donors (Lipinski definition) is 2. The fraction of sp³-hybridized carbons (Fsp3) is 0.455. The summed E-state index contributed by atoms with van der Waals surface area (Å²) in [4.78, 5) is 19.2. The van der Waals surface area contributed by atoms with Crippen molar-refractivity contribution in [2.75, 3.05) is 13.1 Å². The molecule has 0 bridgehead atoms. The van der Waals surface area contributed by atoms with Gasteiger partial charge in [-0.2, -0.15) is 0 Å². The molecular weight excluding hydrogens is 336 g/mol. The maximum absolute atomic E-state index is 12.5. The van der Waals surface area contributed by atoms with Gasteiger partial charge in [-0.05, 0) is 41.5 Å². The van der Waals surface area contributed by atoms with Crippen LogP contribution in [-0.2, 0) is 19.6 Å². The van der Waals surface area contributed by atoms with Crippen LogP contribution in [0.5, 0.6) is 0 Å². The molecule has 0 saturated carbocycles. The highest BCUT2D eigenvalue weighted by molar-refractivity contribution is 5.94. The van der Waals surface area contributed by atoms with Crippen molar-refractivity contribution in [3.8, 4) is 0 Å². The number of amides is 1. The number of carbonyl (C=O) groups is 1. The third kappa shape index (κ3) is 5.37. The summed E-state index contributed by atoms with van der Waals surface area (Å²) in [6.45, 7) is 8.74. The Morgan fingerprint density at radius 1 is 1.19 bits per heavy atom. The van der Waals surface area contributed by atoms with Gasteiger partial charge in [-0.15, -0.1) is 0 Å². The summed E-state index contributed by atoms with van der Waals surface area (Å²) >= 11 is 0. The van der Waals surface area contributed by atoms with Gasteiger partial charge in [0.15, 0.2) is 0 Å². The number of nitrogens with two attached hydrogens (primary N) is 1. The molecule has 1 aromatic carbocycles. The van der Waals surface area contributed by atoms with Crippen LogP contribution in [0.3, 0.4) is 0 Å². The standard InChI is InChI=1S/C22H30N4O/c1-16-9-17(2)14-26(13-16)15-20-6-4-3-5-19(20)12-25-22(27)18-7-8-24-21(10-18)11-23/h3-8,10,16-17H,9,11-15,23H2,1-2H3,(H,25,27). The van der Waals surface area contributed by atoms with Gasteiger partial charge in [0, 0.05) is 44.5 Å². The zero-order valence-electron chi connectivity index (χ0n) is 16.3. The second kappa shape index (κ2) is 9.11. The first-order chi connectivity index (χ1) is 13.0. The van der Waals surface area contributed by atoms with Gasteiger partial charge in [0.25, 0.3) is 5.91 Å². The van der Waals surface area contributed by atoms with Crippen molar-refractivity contribution in [2.45, 2.75) is 39.9 Å². The summed E-state index contributed by atoms with van der Waals surface area (Å²) < 4.78 is 0. The summed E-state index contributed by atoms with van der Waals surface area (Å²) in [5.74, 6) is 1.38. The monoisotopic (exact) mass is 366 g/mol. The van der Waals surface area contributed by atoms with Gasteiger partial charge in [-0.3, -0.25) is 14.7 Å². The van der Waals surface area contributed by atoms with Crippen LogP contribution in [0.15, 0.2) is 42.6 Å². The van der Waals surface area contributed by atoms with Crippen molar-refractivity contribution >= 4 is 5.91 Å². The molecule has 2 heterocycles. The zero-order chi connectivity index (χ0) is 19.2. The van der Waals surface area contributed by atoms with Gasteiger partial charge >= 0.3 is 0 Å². The molecule has 2 atom stereocenters. The normalized spacial score (nSPS) is 20.4. The Morgan fingerprint density at radius 2 is 1.89 bits per heavy atom. The van der Waals surface area contributed by atoms with E-state index in [1.807, 2.05) is 6.07 Å². The summed E-state index contributed by atoms with van der Waals surface area (Å²) in [5, 5.41) is 3.04. The largest absolute Gasteiger partial charge is 0.348 e. The van der Waals surface area contributed by atoms with Crippen LogP contribution in [-0.4, -0.2) is 28.9 Å². The van der Waals surface area contributed by atoms with Crippen molar-refractivity contribution in [3.05, 3.63) is 65.0 Å². The number of aromatic nitrogens is 1. The predicted octanol–water partition coefficient (Wildman–Crippen LogP) is 2.95. The van der Waals surface area contributed by atoms with Gasteiger partial charge in [0.05, 0.1) is 5.69 Å². The summed E-state index contributed by atoms with van der Waals surface area (Å²) in [6.07, 6.45) is 2.94. The van der Waals surface area contributed by atoms with E-state index in [4.69, 9.17) is 5.73 Å². The number of benzene rings is 1. The van der Waals surface area contributed by atoms with Crippen LogP contribution in [0.2, 0.25) is 0 Å². The Kier molecular flexibility index (Phi) is 6.58. The highest BCUT2D eigenvalue weighted by atomic mass is 16.1. The smallest absolute Gasteiger partial charge is 0.251 e. The number of rotatable bonds is 6. The Labute approximate surface area is 162 Å². The van der Waals surface area contributed by atoms with E-state index in [0.717, 1.165) is 37.2 Å². The fourth-order valence-electron chi connectivity index (χ4n) is 4.05. The highest BCUT2D eigenvalue weighted by Gasteiger charge is 2.22. The molecule has 0 radical (unpaired) electrons. The van der Waals surface area contributed by atoms with E-state index in [-0.39, 0.29) is 5.91 Å². The van der Waals surface area contributed by atoms with Crippen molar-refractivity contribution in [2.24, 2.45) is 17.6 Å². The molecule has 1 aliphatic rings. The molecule has 144 valence electrons. The van der Waals surface area contributed by atoms with Crippen LogP contribution in [0.25, 0.3) is 0 Å². The van der Waals surface area contributed by atoms with Crippen LogP contribution in [0.4, 0.5) is 0 Å². The van der Waals surface area contributed by atoms with E-state index in [1.165, 1.54) is 17.5 Å². The first kappa shape index (κ1) is 19.5. The molecule has 0 aliphatic carbocycles. The number of carbonyl (C=O) groups excluding carboxylic acids is 1. The molecule has 2 unspecified atom stereocenters. The van der Waals surface area contributed by atoms with Gasteiger partial charge in [-0.25, -0.2) is 0 Å². The Bertz CT molecular complexity index is 766. The lowest BCUT2D eigenvalue weighted by atomic mass is 9.91. The SMILES string of the molecule is CC1CC(C)CN(Cc2ccccc2CNC(=O)c2ccnc(CN)c2)C1. The van der Waals surface area contributed by atoms with E-state index in [1.54, 1.807) is 18.3 Å². The Balaban J connectivity index is 1.64. The minimum absolute atomic E-state index is 0.0953. The first-order valence-electron chi connectivity index (χ1n) is 9.77. The maximum atomic E-state index is 12.5. The number of hydrogen-bond acceptors (Lipinski definition) is 4. The van der Waals surface area contributed by atoms with E-state index >= 15 is 0 Å². The minimum atomic E-state index is -0.0953. The quantitative estimate of drug-likeness (QED) is 0.825. The maximum Gasteiger partial charge on any atom is 0.251 e. The van der Waals surface area contributed by atoms with Crippen molar-refractivity contribution < 1.29 is 4.79 Å². The average molecular weight is 367 g/mol. The molecule has 3 rings (SSSR count). The fourth-order valence-corrected chi connectivity index (χ4v) is 4.05. The zero-order valence-corrected chi connectivity index (χ0v) is 16.3. The molecule has 0 spiro atoms. The summed E-state index contributed by atoms with van der Waals surface area (Å²) in [6, 6.07) is 11.8. The molecule has 5 heteroatoms. The van der Waals surface area contributed by atoms with Crippen LogP contribution in [0, 0.1) is 11.8 Å². The highest BCUT2D eigenvalue weighted by Crippen LogP contribution is 2.23. The molecule has 1 aliphatic heterocycles. The number of nitrogens with one attached hydrogen (secondary N) is 1. The summed E-state index contributed by atoms with van der Waals surface area (Å²) in [5.41, 5.74) is 9.39. The molecule has 1 fully saturated rings. The molecule has 2 aromatic rings. The molecule has 1 saturated heterocycles. The number of piperidine rings is 1. The molecule has 5 nitrogen and oxygen atoms in total. The Hall–Kier alpha value is -2.24. The van der Waals surface area contributed by atoms with E-state index in [9.17, 15) is 4.79 Å². The van der Waals surface area contributed by atoms with Gasteiger partial charge < -0.3 is 11.1 Å². The second-order valence-electron chi connectivity index (χ2n) is 7.83. The molecular formula is C22H30N4O. The lowest BCUT2D eigenvalue weighted by molar-refractivity contribution is 0.0950.